The summed E-state index contributed by atoms with van der Waals surface area (Å²) in [7, 11) is 1.99. The molecule has 20 heavy (non-hydrogen) atoms. The average molecular weight is 338 g/mol. The fraction of sp³-hybridized carbons (Fsp3) is 0.750. The molecule has 0 bridgehead atoms. The molecule has 1 aliphatic carbocycles. The molecule has 0 radical (unpaired) electrons. The van der Waals surface area contributed by atoms with Crippen LogP contribution in [0.15, 0.2) is 4.47 Å². The summed E-state index contributed by atoms with van der Waals surface area (Å²) in [5, 5.41) is 14.3. The Morgan fingerprint density at radius 3 is 2.35 bits per heavy atom. The topological polar surface area (TPSA) is 41.6 Å². The van der Waals surface area contributed by atoms with Crippen LogP contribution in [-0.4, -0.2) is 9.78 Å². The highest BCUT2D eigenvalue weighted by Crippen LogP contribution is 2.38. The number of aryl methyl sites for hydroxylation is 2. The lowest BCUT2D eigenvalue weighted by Gasteiger charge is -2.28. The summed E-state index contributed by atoms with van der Waals surface area (Å²) < 4.78 is 3.07. The molecule has 1 aromatic heterocycles. The molecule has 1 heterocycles. The first-order valence-corrected chi connectivity index (χ1v) is 8.52. The van der Waals surface area contributed by atoms with Crippen LogP contribution >= 0.6 is 15.9 Å². The zero-order valence-corrected chi connectivity index (χ0v) is 14.2. The number of nitrogens with zero attached hydrogens (tertiary/aromatic N) is 3. The minimum absolute atomic E-state index is 0.193. The quantitative estimate of drug-likeness (QED) is 0.812. The van der Waals surface area contributed by atoms with Crippen molar-refractivity contribution in [2.45, 2.75) is 64.7 Å². The summed E-state index contributed by atoms with van der Waals surface area (Å²) in [5.74, 6) is 0. The van der Waals surface area contributed by atoms with Crippen molar-refractivity contribution in [2.24, 2.45) is 12.5 Å². The van der Waals surface area contributed by atoms with Crippen LogP contribution in [0.25, 0.3) is 0 Å². The SMILES string of the molecule is CCc1nn(C)c(CC2(C#N)CCCCCCC2)c1Br. The number of hydrogen-bond acceptors (Lipinski definition) is 2. The summed E-state index contributed by atoms with van der Waals surface area (Å²) in [4.78, 5) is 0. The molecule has 4 heteroatoms. The Balaban J connectivity index is 2.25. The second-order valence-electron chi connectivity index (χ2n) is 6.02. The fourth-order valence-corrected chi connectivity index (χ4v) is 4.00. The Morgan fingerprint density at radius 1 is 1.25 bits per heavy atom. The number of nitriles is 1. The summed E-state index contributed by atoms with van der Waals surface area (Å²) in [6, 6.07) is 2.65. The maximum Gasteiger partial charge on any atom is 0.0766 e. The van der Waals surface area contributed by atoms with Gasteiger partial charge in [0.15, 0.2) is 0 Å². The van der Waals surface area contributed by atoms with E-state index in [-0.39, 0.29) is 5.41 Å². The van der Waals surface area contributed by atoms with E-state index in [1.807, 2.05) is 11.7 Å². The number of rotatable bonds is 3. The van der Waals surface area contributed by atoms with Crippen molar-refractivity contribution in [2.75, 3.05) is 0 Å². The molecule has 0 spiro atoms. The van der Waals surface area contributed by atoms with Gasteiger partial charge in [-0.1, -0.05) is 39.0 Å². The van der Waals surface area contributed by atoms with Gasteiger partial charge in [0, 0.05) is 13.5 Å². The molecule has 3 nitrogen and oxygen atoms in total. The highest BCUT2D eigenvalue weighted by atomic mass is 79.9. The van der Waals surface area contributed by atoms with E-state index in [4.69, 9.17) is 0 Å². The summed E-state index contributed by atoms with van der Waals surface area (Å²) in [5.41, 5.74) is 2.09. The maximum atomic E-state index is 9.77. The van der Waals surface area contributed by atoms with Crippen molar-refractivity contribution >= 4 is 15.9 Å². The zero-order chi connectivity index (χ0) is 14.6. The minimum Gasteiger partial charge on any atom is -0.271 e. The summed E-state index contributed by atoms with van der Waals surface area (Å²) >= 11 is 3.68. The molecule has 2 rings (SSSR count). The third-order valence-electron chi connectivity index (χ3n) is 4.56. The van der Waals surface area contributed by atoms with E-state index in [0.717, 1.165) is 35.8 Å². The van der Waals surface area contributed by atoms with Crippen LogP contribution in [0.1, 0.15) is 63.3 Å². The van der Waals surface area contributed by atoms with Gasteiger partial charge in [-0.25, -0.2) is 0 Å². The normalized spacial score (nSPS) is 19.1. The lowest BCUT2D eigenvalue weighted by atomic mass is 9.74. The van der Waals surface area contributed by atoms with Crippen molar-refractivity contribution in [3.8, 4) is 6.07 Å². The Bertz CT molecular complexity index is 491. The van der Waals surface area contributed by atoms with E-state index in [2.05, 4.69) is 34.0 Å². The number of aromatic nitrogens is 2. The van der Waals surface area contributed by atoms with Crippen LogP contribution < -0.4 is 0 Å². The largest absolute Gasteiger partial charge is 0.271 e. The van der Waals surface area contributed by atoms with Crippen molar-refractivity contribution in [3.05, 3.63) is 15.9 Å². The van der Waals surface area contributed by atoms with Gasteiger partial charge in [-0.15, -0.1) is 0 Å². The fourth-order valence-electron chi connectivity index (χ4n) is 3.24. The van der Waals surface area contributed by atoms with Crippen LogP contribution in [0, 0.1) is 16.7 Å². The predicted molar refractivity (Wildman–Crippen MR) is 84.4 cm³/mol. The van der Waals surface area contributed by atoms with Gasteiger partial charge in [0.25, 0.3) is 0 Å². The van der Waals surface area contributed by atoms with Gasteiger partial charge in [0.05, 0.1) is 27.3 Å². The van der Waals surface area contributed by atoms with E-state index >= 15 is 0 Å². The molecule has 1 aliphatic rings. The van der Waals surface area contributed by atoms with Gasteiger partial charge < -0.3 is 0 Å². The minimum atomic E-state index is -0.193. The van der Waals surface area contributed by atoms with E-state index in [1.54, 1.807) is 0 Å². The highest BCUT2D eigenvalue weighted by molar-refractivity contribution is 9.10. The number of halogens is 1. The second-order valence-corrected chi connectivity index (χ2v) is 6.81. The molecule has 0 N–H and O–H groups in total. The molecule has 0 atom stereocenters. The average Bonchev–Trinajstić information content (AvgIpc) is 2.69. The first kappa shape index (κ1) is 15.6. The van der Waals surface area contributed by atoms with Crippen LogP contribution in [0.5, 0.6) is 0 Å². The van der Waals surface area contributed by atoms with Crippen molar-refractivity contribution < 1.29 is 0 Å². The van der Waals surface area contributed by atoms with Crippen LogP contribution in [0.3, 0.4) is 0 Å². The Morgan fingerprint density at radius 2 is 1.85 bits per heavy atom. The van der Waals surface area contributed by atoms with Gasteiger partial charge in [-0.2, -0.15) is 10.4 Å². The first-order valence-electron chi connectivity index (χ1n) is 7.73. The molecule has 1 fully saturated rings. The number of hydrogen-bond donors (Lipinski definition) is 0. The van der Waals surface area contributed by atoms with Gasteiger partial charge >= 0.3 is 0 Å². The Labute approximate surface area is 130 Å². The maximum absolute atomic E-state index is 9.77. The lowest BCUT2D eigenvalue weighted by Crippen LogP contribution is -2.24. The molecule has 0 amide bonds. The molecule has 0 aromatic carbocycles. The Hall–Kier alpha value is -0.820. The summed E-state index contributed by atoms with van der Waals surface area (Å²) in [6.45, 7) is 2.12. The van der Waals surface area contributed by atoms with Crippen LogP contribution in [0.4, 0.5) is 0 Å². The van der Waals surface area contributed by atoms with E-state index in [1.165, 1.54) is 37.8 Å². The van der Waals surface area contributed by atoms with Crippen molar-refractivity contribution in [1.82, 2.24) is 9.78 Å². The van der Waals surface area contributed by atoms with Gasteiger partial charge in [-0.3, -0.25) is 4.68 Å². The first-order chi connectivity index (χ1) is 9.62. The zero-order valence-electron chi connectivity index (χ0n) is 12.6. The molecule has 0 saturated heterocycles. The third kappa shape index (κ3) is 3.25. The van der Waals surface area contributed by atoms with Crippen LogP contribution in [-0.2, 0) is 19.9 Å². The van der Waals surface area contributed by atoms with Gasteiger partial charge in [0.2, 0.25) is 0 Å². The predicted octanol–water partition coefficient (Wildman–Crippen LogP) is 4.54. The molecular formula is C16H24BrN3. The Kier molecular flexibility index (Phi) is 5.26. The van der Waals surface area contributed by atoms with Gasteiger partial charge in [-0.05, 0) is 35.2 Å². The lowest BCUT2D eigenvalue weighted by molar-refractivity contribution is 0.281. The van der Waals surface area contributed by atoms with Gasteiger partial charge in [0.1, 0.15) is 0 Å². The third-order valence-corrected chi connectivity index (χ3v) is 5.47. The molecule has 0 unspecified atom stereocenters. The smallest absolute Gasteiger partial charge is 0.0766 e. The van der Waals surface area contributed by atoms with E-state index in [0.29, 0.717) is 0 Å². The monoisotopic (exact) mass is 337 g/mol. The molecular weight excluding hydrogens is 314 g/mol. The molecule has 110 valence electrons. The van der Waals surface area contributed by atoms with Crippen LogP contribution in [0.2, 0.25) is 0 Å². The molecule has 0 aliphatic heterocycles. The highest BCUT2D eigenvalue weighted by Gasteiger charge is 2.33. The molecule has 1 aromatic rings. The van der Waals surface area contributed by atoms with Crippen molar-refractivity contribution in [3.63, 3.8) is 0 Å². The second kappa shape index (κ2) is 6.76. The van der Waals surface area contributed by atoms with E-state index < -0.39 is 0 Å². The van der Waals surface area contributed by atoms with E-state index in [9.17, 15) is 5.26 Å². The van der Waals surface area contributed by atoms with Crippen molar-refractivity contribution in [1.29, 1.82) is 5.26 Å². The standard InChI is InChI=1S/C16H24BrN3/c1-3-13-15(17)14(20(2)19-13)11-16(12-18)9-7-5-4-6-8-10-16/h3-11H2,1-2H3. The summed E-state index contributed by atoms with van der Waals surface area (Å²) in [6.07, 6.45) is 10.1. The molecule has 1 saturated carbocycles.